The lowest BCUT2D eigenvalue weighted by atomic mass is 9.95. The summed E-state index contributed by atoms with van der Waals surface area (Å²) in [6.07, 6.45) is 9.74. The van der Waals surface area contributed by atoms with Gasteiger partial charge in [0.1, 0.15) is 0 Å². The SMILES string of the molecule is CCCCCCCCC(=O)NC(CC)(CC)CCl. The Bertz CT molecular complexity index is 206. The van der Waals surface area contributed by atoms with Crippen LogP contribution < -0.4 is 5.32 Å². The average molecular weight is 276 g/mol. The Morgan fingerprint density at radius 1 is 1.00 bits per heavy atom. The molecule has 0 saturated carbocycles. The Kier molecular flexibility index (Phi) is 10.5. The Morgan fingerprint density at radius 3 is 2.06 bits per heavy atom. The Morgan fingerprint density at radius 2 is 1.56 bits per heavy atom. The topological polar surface area (TPSA) is 29.1 Å². The number of alkyl halides is 1. The minimum atomic E-state index is -0.194. The fourth-order valence-corrected chi connectivity index (χ4v) is 2.52. The monoisotopic (exact) mass is 275 g/mol. The number of rotatable bonds is 11. The fraction of sp³-hybridized carbons (Fsp3) is 0.933. The van der Waals surface area contributed by atoms with Gasteiger partial charge in [-0.2, -0.15) is 0 Å². The van der Waals surface area contributed by atoms with E-state index in [1.807, 2.05) is 0 Å². The van der Waals surface area contributed by atoms with Crippen molar-refractivity contribution in [3.8, 4) is 0 Å². The zero-order valence-electron chi connectivity index (χ0n) is 12.4. The molecule has 0 rings (SSSR count). The van der Waals surface area contributed by atoms with E-state index < -0.39 is 0 Å². The van der Waals surface area contributed by atoms with Gasteiger partial charge in [-0.15, -0.1) is 11.6 Å². The summed E-state index contributed by atoms with van der Waals surface area (Å²) in [5, 5.41) is 3.11. The lowest BCUT2D eigenvalue weighted by Crippen LogP contribution is -2.49. The molecule has 0 spiro atoms. The smallest absolute Gasteiger partial charge is 0.220 e. The number of halogens is 1. The highest BCUT2D eigenvalue weighted by atomic mass is 35.5. The lowest BCUT2D eigenvalue weighted by Gasteiger charge is -2.30. The Balaban J connectivity index is 3.76. The van der Waals surface area contributed by atoms with Crippen molar-refractivity contribution in [3.05, 3.63) is 0 Å². The van der Waals surface area contributed by atoms with E-state index in [9.17, 15) is 4.79 Å². The molecule has 0 aliphatic rings. The summed E-state index contributed by atoms with van der Waals surface area (Å²) in [6, 6.07) is 0. The molecular weight excluding hydrogens is 246 g/mol. The largest absolute Gasteiger partial charge is 0.349 e. The standard InChI is InChI=1S/C15H30ClNO/c1-4-7-8-9-10-11-12-14(18)17-15(5-2,6-3)13-16/h4-13H2,1-3H3,(H,17,18). The van der Waals surface area contributed by atoms with Gasteiger partial charge < -0.3 is 5.32 Å². The third-order valence-corrected chi connectivity index (χ3v) is 4.28. The summed E-state index contributed by atoms with van der Waals surface area (Å²) < 4.78 is 0. The third kappa shape index (κ3) is 7.25. The van der Waals surface area contributed by atoms with E-state index in [0.29, 0.717) is 12.3 Å². The maximum absolute atomic E-state index is 11.9. The quantitative estimate of drug-likeness (QED) is 0.432. The van der Waals surface area contributed by atoms with E-state index in [0.717, 1.165) is 19.3 Å². The summed E-state index contributed by atoms with van der Waals surface area (Å²) in [5.74, 6) is 0.664. The number of hydrogen-bond donors (Lipinski definition) is 1. The normalized spacial score (nSPS) is 11.6. The molecule has 0 aliphatic carbocycles. The predicted molar refractivity (Wildman–Crippen MR) is 80.2 cm³/mol. The van der Waals surface area contributed by atoms with E-state index in [-0.39, 0.29) is 11.4 Å². The van der Waals surface area contributed by atoms with Crippen LogP contribution in [0.3, 0.4) is 0 Å². The zero-order valence-corrected chi connectivity index (χ0v) is 13.1. The molecule has 0 aromatic carbocycles. The van der Waals surface area contributed by atoms with Crippen LogP contribution in [0.2, 0.25) is 0 Å². The van der Waals surface area contributed by atoms with Gasteiger partial charge >= 0.3 is 0 Å². The molecule has 0 unspecified atom stereocenters. The Labute approximate surface area is 118 Å². The van der Waals surface area contributed by atoms with Crippen molar-refractivity contribution >= 4 is 17.5 Å². The van der Waals surface area contributed by atoms with E-state index in [1.54, 1.807) is 0 Å². The lowest BCUT2D eigenvalue weighted by molar-refractivity contribution is -0.123. The van der Waals surface area contributed by atoms with Crippen molar-refractivity contribution < 1.29 is 4.79 Å². The predicted octanol–water partition coefficient (Wildman–Crippen LogP) is 4.65. The molecule has 0 bridgehead atoms. The van der Waals surface area contributed by atoms with Gasteiger partial charge in [0.15, 0.2) is 0 Å². The van der Waals surface area contributed by atoms with E-state index in [4.69, 9.17) is 11.6 Å². The van der Waals surface area contributed by atoms with Gasteiger partial charge in [-0.25, -0.2) is 0 Å². The van der Waals surface area contributed by atoms with Crippen molar-refractivity contribution in [1.29, 1.82) is 0 Å². The first-order valence-electron chi connectivity index (χ1n) is 7.51. The van der Waals surface area contributed by atoms with Crippen LogP contribution in [0.25, 0.3) is 0 Å². The van der Waals surface area contributed by atoms with Crippen molar-refractivity contribution in [2.75, 3.05) is 5.88 Å². The second kappa shape index (κ2) is 10.7. The summed E-state index contributed by atoms with van der Waals surface area (Å²) in [4.78, 5) is 11.9. The summed E-state index contributed by atoms with van der Waals surface area (Å²) >= 11 is 5.97. The third-order valence-electron chi connectivity index (χ3n) is 3.77. The van der Waals surface area contributed by atoms with Crippen molar-refractivity contribution in [2.24, 2.45) is 0 Å². The van der Waals surface area contributed by atoms with Gasteiger partial charge in [0, 0.05) is 12.3 Å². The number of amides is 1. The van der Waals surface area contributed by atoms with Gasteiger partial charge in [0.2, 0.25) is 5.91 Å². The van der Waals surface area contributed by atoms with E-state index in [1.165, 1.54) is 32.1 Å². The first kappa shape index (κ1) is 17.8. The molecule has 0 fully saturated rings. The molecule has 1 amide bonds. The van der Waals surface area contributed by atoms with E-state index >= 15 is 0 Å². The highest BCUT2D eigenvalue weighted by molar-refractivity contribution is 6.18. The minimum Gasteiger partial charge on any atom is -0.349 e. The molecule has 2 nitrogen and oxygen atoms in total. The first-order valence-corrected chi connectivity index (χ1v) is 8.04. The van der Waals surface area contributed by atoms with Crippen molar-refractivity contribution in [1.82, 2.24) is 5.32 Å². The first-order chi connectivity index (χ1) is 8.64. The summed E-state index contributed by atoms with van der Waals surface area (Å²) in [6.45, 7) is 6.38. The van der Waals surface area contributed by atoms with Crippen LogP contribution in [0.1, 0.15) is 78.6 Å². The molecule has 18 heavy (non-hydrogen) atoms. The van der Waals surface area contributed by atoms with Crippen molar-refractivity contribution in [2.45, 2.75) is 84.1 Å². The highest BCUT2D eigenvalue weighted by Crippen LogP contribution is 2.17. The van der Waals surface area contributed by atoms with Crippen LogP contribution >= 0.6 is 11.6 Å². The molecule has 0 atom stereocenters. The molecule has 3 heteroatoms. The molecule has 0 radical (unpaired) electrons. The van der Waals surface area contributed by atoms with Crippen molar-refractivity contribution in [3.63, 3.8) is 0 Å². The summed E-state index contributed by atoms with van der Waals surface area (Å²) in [5.41, 5.74) is -0.194. The number of unbranched alkanes of at least 4 members (excludes halogenated alkanes) is 5. The highest BCUT2D eigenvalue weighted by Gasteiger charge is 2.26. The second-order valence-corrected chi connectivity index (χ2v) is 5.45. The minimum absolute atomic E-state index is 0.162. The number of carbonyl (C=O) groups is 1. The molecule has 0 saturated heterocycles. The van der Waals surface area contributed by atoms with Gasteiger partial charge in [0.05, 0.1) is 5.54 Å². The Hall–Kier alpha value is -0.240. The molecule has 108 valence electrons. The molecule has 1 N–H and O–H groups in total. The van der Waals surface area contributed by atoms with Crippen LogP contribution in [-0.2, 0) is 4.79 Å². The number of nitrogens with one attached hydrogen (secondary N) is 1. The molecular formula is C15H30ClNO. The summed E-state index contributed by atoms with van der Waals surface area (Å²) in [7, 11) is 0. The zero-order chi connectivity index (χ0) is 13.9. The van der Waals surface area contributed by atoms with Gasteiger partial charge in [0.25, 0.3) is 0 Å². The molecule has 0 heterocycles. The maximum atomic E-state index is 11.9. The number of hydrogen-bond acceptors (Lipinski definition) is 1. The molecule has 0 aromatic rings. The van der Waals surface area contributed by atoms with Gasteiger partial charge in [-0.3, -0.25) is 4.79 Å². The van der Waals surface area contributed by atoms with Gasteiger partial charge in [-0.1, -0.05) is 52.9 Å². The average Bonchev–Trinajstić information content (AvgIpc) is 2.40. The molecule has 0 aromatic heterocycles. The maximum Gasteiger partial charge on any atom is 0.220 e. The number of carbonyl (C=O) groups excluding carboxylic acids is 1. The van der Waals surface area contributed by atoms with Crippen LogP contribution in [0.4, 0.5) is 0 Å². The van der Waals surface area contributed by atoms with Crippen LogP contribution in [0.15, 0.2) is 0 Å². The van der Waals surface area contributed by atoms with Crippen LogP contribution in [-0.4, -0.2) is 17.3 Å². The van der Waals surface area contributed by atoms with Crippen LogP contribution in [0, 0.1) is 0 Å². The fourth-order valence-electron chi connectivity index (χ4n) is 2.07. The van der Waals surface area contributed by atoms with Crippen LogP contribution in [0.5, 0.6) is 0 Å². The van der Waals surface area contributed by atoms with Gasteiger partial charge in [-0.05, 0) is 19.3 Å². The second-order valence-electron chi connectivity index (χ2n) is 5.19. The molecule has 0 aliphatic heterocycles. The van der Waals surface area contributed by atoms with E-state index in [2.05, 4.69) is 26.1 Å².